The number of fused-ring (bicyclic) bond motifs is 1. The van der Waals surface area contributed by atoms with E-state index in [0.29, 0.717) is 29.5 Å². The Morgan fingerprint density at radius 1 is 1.43 bits per heavy atom. The standard InChI is InChI=1S/C14H16ClNO3S2/c1-10-9-16(6-7-19-10)21(17,18)14-11-4-2-3-5-12(11)20-13(14)8-15/h2-5,10H,6-9H2,1H3. The monoisotopic (exact) mass is 345 g/mol. The SMILES string of the molecule is CC1CN(S(=O)(=O)c2c(CCl)sc3ccccc23)CCO1. The summed E-state index contributed by atoms with van der Waals surface area (Å²) in [6, 6.07) is 7.54. The van der Waals surface area contributed by atoms with Crippen molar-refractivity contribution in [2.45, 2.75) is 23.8 Å². The van der Waals surface area contributed by atoms with Crippen molar-refractivity contribution in [3.8, 4) is 0 Å². The fraction of sp³-hybridized carbons (Fsp3) is 0.429. The van der Waals surface area contributed by atoms with Gasteiger partial charge in [0.25, 0.3) is 0 Å². The van der Waals surface area contributed by atoms with Crippen molar-refractivity contribution in [1.82, 2.24) is 4.31 Å². The van der Waals surface area contributed by atoms with Crippen LogP contribution in [0.1, 0.15) is 11.8 Å². The third-order valence-electron chi connectivity index (χ3n) is 3.54. The Bertz CT molecular complexity index is 757. The second-order valence-corrected chi connectivity index (χ2v) is 8.31. The van der Waals surface area contributed by atoms with E-state index in [4.69, 9.17) is 16.3 Å². The maximum Gasteiger partial charge on any atom is 0.245 e. The minimum Gasteiger partial charge on any atom is -0.376 e. The van der Waals surface area contributed by atoms with E-state index >= 15 is 0 Å². The van der Waals surface area contributed by atoms with Gasteiger partial charge in [0.05, 0.1) is 18.6 Å². The highest BCUT2D eigenvalue weighted by molar-refractivity contribution is 7.89. The topological polar surface area (TPSA) is 46.6 Å². The highest BCUT2D eigenvalue weighted by Crippen LogP contribution is 2.37. The summed E-state index contributed by atoms with van der Waals surface area (Å²) >= 11 is 7.43. The average molecular weight is 346 g/mol. The average Bonchev–Trinajstić information content (AvgIpc) is 2.86. The van der Waals surface area contributed by atoms with Crippen LogP contribution in [0.25, 0.3) is 10.1 Å². The zero-order valence-corrected chi connectivity index (χ0v) is 14.0. The van der Waals surface area contributed by atoms with Gasteiger partial charge in [0.1, 0.15) is 4.90 Å². The summed E-state index contributed by atoms with van der Waals surface area (Å²) in [4.78, 5) is 1.07. The second-order valence-electron chi connectivity index (χ2n) is 5.03. The number of thiophene rings is 1. The number of benzene rings is 1. The highest BCUT2D eigenvalue weighted by Gasteiger charge is 2.33. The lowest BCUT2D eigenvalue weighted by Crippen LogP contribution is -2.44. The Morgan fingerprint density at radius 3 is 2.90 bits per heavy atom. The molecule has 1 aliphatic rings. The van der Waals surface area contributed by atoms with Gasteiger partial charge in [0.2, 0.25) is 10.0 Å². The summed E-state index contributed by atoms with van der Waals surface area (Å²) in [6.45, 7) is 3.08. The molecule has 2 heterocycles. The Labute approximate surface area is 133 Å². The molecule has 1 aliphatic heterocycles. The molecule has 1 aromatic heterocycles. The van der Waals surface area contributed by atoms with Gasteiger partial charge in [-0.2, -0.15) is 4.31 Å². The molecule has 1 aromatic carbocycles. The number of hydrogen-bond donors (Lipinski definition) is 0. The Morgan fingerprint density at radius 2 is 2.19 bits per heavy atom. The van der Waals surface area contributed by atoms with Gasteiger partial charge in [0.15, 0.2) is 0 Å². The van der Waals surface area contributed by atoms with Crippen molar-refractivity contribution in [3.63, 3.8) is 0 Å². The third kappa shape index (κ3) is 2.71. The number of ether oxygens (including phenoxy) is 1. The van der Waals surface area contributed by atoms with E-state index < -0.39 is 10.0 Å². The Hall–Kier alpha value is -0.660. The Kier molecular flexibility index (Phi) is 4.25. The molecule has 0 spiro atoms. The third-order valence-corrected chi connectivity index (χ3v) is 7.26. The van der Waals surface area contributed by atoms with Crippen LogP contribution < -0.4 is 0 Å². The summed E-state index contributed by atoms with van der Waals surface area (Å²) < 4.78 is 33.9. The first kappa shape index (κ1) is 15.2. The first-order chi connectivity index (χ1) is 10.0. The summed E-state index contributed by atoms with van der Waals surface area (Å²) in [5, 5.41) is 0.761. The predicted molar refractivity (Wildman–Crippen MR) is 85.6 cm³/mol. The van der Waals surface area contributed by atoms with Crippen molar-refractivity contribution in [3.05, 3.63) is 29.1 Å². The predicted octanol–water partition coefficient (Wildman–Crippen LogP) is 3.05. The molecule has 0 aliphatic carbocycles. The lowest BCUT2D eigenvalue weighted by molar-refractivity contribution is 0.0102. The number of sulfonamides is 1. The minimum atomic E-state index is -3.54. The molecule has 1 unspecified atom stereocenters. The van der Waals surface area contributed by atoms with Crippen LogP contribution in [0.2, 0.25) is 0 Å². The van der Waals surface area contributed by atoms with Gasteiger partial charge in [0, 0.05) is 28.1 Å². The number of rotatable bonds is 3. The summed E-state index contributed by atoms with van der Waals surface area (Å²) in [5.74, 6) is 0.202. The van der Waals surface area contributed by atoms with Gasteiger partial charge in [-0.25, -0.2) is 8.42 Å². The molecule has 3 rings (SSSR count). The normalized spacial score (nSPS) is 21.0. The van der Waals surface area contributed by atoms with Crippen LogP contribution in [0.3, 0.4) is 0 Å². The molecule has 2 aromatic rings. The maximum absolute atomic E-state index is 13.0. The van der Waals surface area contributed by atoms with Crippen LogP contribution in [0.4, 0.5) is 0 Å². The van der Waals surface area contributed by atoms with E-state index in [1.807, 2.05) is 31.2 Å². The molecule has 4 nitrogen and oxygen atoms in total. The number of nitrogens with zero attached hydrogens (tertiary/aromatic N) is 1. The van der Waals surface area contributed by atoms with E-state index in [-0.39, 0.29) is 12.0 Å². The maximum atomic E-state index is 13.0. The lowest BCUT2D eigenvalue weighted by atomic mass is 10.2. The zero-order valence-electron chi connectivity index (χ0n) is 11.6. The molecule has 0 radical (unpaired) electrons. The lowest BCUT2D eigenvalue weighted by Gasteiger charge is -2.30. The van der Waals surface area contributed by atoms with Gasteiger partial charge >= 0.3 is 0 Å². The van der Waals surface area contributed by atoms with Crippen LogP contribution in [0, 0.1) is 0 Å². The molecule has 1 atom stereocenters. The van der Waals surface area contributed by atoms with Crippen LogP contribution >= 0.6 is 22.9 Å². The van der Waals surface area contributed by atoms with E-state index in [1.165, 1.54) is 15.6 Å². The van der Waals surface area contributed by atoms with Gasteiger partial charge in [-0.15, -0.1) is 22.9 Å². The van der Waals surface area contributed by atoms with Crippen molar-refractivity contribution in [1.29, 1.82) is 0 Å². The molecular formula is C14H16ClNO3S2. The summed E-state index contributed by atoms with van der Waals surface area (Å²) in [5.41, 5.74) is 0. The van der Waals surface area contributed by atoms with Crippen molar-refractivity contribution >= 4 is 43.0 Å². The summed E-state index contributed by atoms with van der Waals surface area (Å²) in [7, 11) is -3.54. The zero-order chi connectivity index (χ0) is 15.0. The molecule has 1 fully saturated rings. The number of hydrogen-bond acceptors (Lipinski definition) is 4. The fourth-order valence-electron chi connectivity index (χ4n) is 2.58. The first-order valence-electron chi connectivity index (χ1n) is 6.72. The van der Waals surface area contributed by atoms with Gasteiger partial charge < -0.3 is 4.74 Å². The van der Waals surface area contributed by atoms with Crippen LogP contribution in [-0.2, 0) is 20.6 Å². The number of halogens is 1. The molecule has 0 bridgehead atoms. The smallest absolute Gasteiger partial charge is 0.245 e. The van der Waals surface area contributed by atoms with Gasteiger partial charge in [-0.05, 0) is 13.0 Å². The van der Waals surface area contributed by atoms with Crippen LogP contribution in [0.15, 0.2) is 29.2 Å². The van der Waals surface area contributed by atoms with Crippen molar-refractivity contribution in [2.24, 2.45) is 0 Å². The quantitative estimate of drug-likeness (QED) is 0.803. The van der Waals surface area contributed by atoms with Crippen molar-refractivity contribution < 1.29 is 13.2 Å². The first-order valence-corrected chi connectivity index (χ1v) is 9.51. The summed E-state index contributed by atoms with van der Waals surface area (Å²) in [6.07, 6.45) is -0.0853. The highest BCUT2D eigenvalue weighted by atomic mass is 35.5. The van der Waals surface area contributed by atoms with E-state index in [2.05, 4.69) is 0 Å². The second kappa shape index (κ2) is 5.85. The molecule has 0 N–H and O–H groups in total. The largest absolute Gasteiger partial charge is 0.376 e. The molecular weight excluding hydrogens is 330 g/mol. The molecule has 114 valence electrons. The molecule has 1 saturated heterocycles. The molecule has 0 saturated carbocycles. The van der Waals surface area contributed by atoms with E-state index in [9.17, 15) is 8.42 Å². The number of morpholine rings is 1. The Balaban J connectivity index is 2.14. The molecule has 0 amide bonds. The van der Waals surface area contributed by atoms with Crippen molar-refractivity contribution in [2.75, 3.05) is 19.7 Å². The van der Waals surface area contributed by atoms with Gasteiger partial charge in [-0.3, -0.25) is 0 Å². The van der Waals surface area contributed by atoms with Gasteiger partial charge in [-0.1, -0.05) is 18.2 Å². The van der Waals surface area contributed by atoms with Crippen LogP contribution in [-0.4, -0.2) is 38.5 Å². The molecule has 21 heavy (non-hydrogen) atoms. The van der Waals surface area contributed by atoms with E-state index in [1.54, 1.807) is 0 Å². The minimum absolute atomic E-state index is 0.0853. The van der Waals surface area contributed by atoms with Crippen LogP contribution in [0.5, 0.6) is 0 Å². The number of alkyl halides is 1. The fourth-order valence-corrected chi connectivity index (χ4v) is 6.20. The molecule has 7 heteroatoms. The van der Waals surface area contributed by atoms with E-state index in [0.717, 1.165) is 10.1 Å².